The van der Waals surface area contributed by atoms with Crippen molar-refractivity contribution in [2.24, 2.45) is 33.2 Å². The zero-order valence-corrected chi connectivity index (χ0v) is 68.9. The van der Waals surface area contributed by atoms with Crippen LogP contribution in [0.4, 0.5) is 39.2 Å². The number of imidazole rings is 2. The van der Waals surface area contributed by atoms with Crippen LogP contribution >= 0.6 is 0 Å². The van der Waals surface area contributed by atoms with E-state index in [9.17, 15) is 43.2 Å². The minimum Gasteiger partial charge on any atom is -0.493 e. The molecule has 28 nitrogen and oxygen atoms in total. The zero-order chi connectivity index (χ0) is 84.8. The fraction of sp³-hybridized carbons (Fsp3) is 0.333. The van der Waals surface area contributed by atoms with E-state index < -0.39 is 24.7 Å². The van der Waals surface area contributed by atoms with Gasteiger partial charge in [0.05, 0.1) is 47.8 Å². The smallest absolute Gasteiger partial charge is 0.416 e. The lowest BCUT2D eigenvalue weighted by atomic mass is 10.00. The van der Waals surface area contributed by atoms with Crippen LogP contribution < -0.4 is 35.6 Å². The molecule has 4 atom stereocenters. The van der Waals surface area contributed by atoms with Crippen molar-refractivity contribution < 1.29 is 66.8 Å². The number of carbonyl (C=O) groups excluding carboxylic acids is 9. The number of carbonyl (C=O) groups is 9. The largest absolute Gasteiger partial charge is 0.493 e. The number of rotatable bonds is 28. The molecule has 3 fully saturated rings. The monoisotopic (exact) mass is 1640 g/mol. The molecule has 2 unspecified atom stereocenters. The van der Waals surface area contributed by atoms with Crippen LogP contribution in [0, 0.1) is 13.8 Å². The number of hydrogen-bond acceptors (Lipinski definition) is 17. The van der Waals surface area contributed by atoms with Gasteiger partial charge in [0.1, 0.15) is 29.5 Å². The number of Topliss-reactive ketones (excluding diaryl/α,β-unsaturated/α-hetero) is 2. The van der Waals surface area contributed by atoms with Crippen LogP contribution in [-0.2, 0) is 64.8 Å². The number of aromatic nitrogens is 6. The summed E-state index contributed by atoms with van der Waals surface area (Å²) in [6.07, 6.45) is 17.5. The van der Waals surface area contributed by atoms with Gasteiger partial charge in [0.25, 0.3) is 23.6 Å². The van der Waals surface area contributed by atoms with Crippen molar-refractivity contribution in [3.63, 3.8) is 0 Å². The molecule has 0 spiro atoms. The summed E-state index contributed by atoms with van der Waals surface area (Å²) in [6, 6.07) is 44.2. The molecule has 4 N–H and O–H groups in total. The third-order valence-corrected chi connectivity index (χ3v) is 22.1. The number of piperidine rings is 2. The van der Waals surface area contributed by atoms with Crippen LogP contribution in [0.3, 0.4) is 0 Å². The predicted octanol–water partition coefficient (Wildman–Crippen LogP) is 15.1. The summed E-state index contributed by atoms with van der Waals surface area (Å²) in [6.45, 7) is 9.71. The molecule has 9 heterocycles. The van der Waals surface area contributed by atoms with E-state index in [1.165, 1.54) is 11.0 Å². The zero-order valence-electron chi connectivity index (χ0n) is 68.9. The summed E-state index contributed by atoms with van der Waals surface area (Å²) in [7, 11) is 7.08. The number of amides is 7. The highest BCUT2D eigenvalue weighted by Crippen LogP contribution is 2.41. The molecule has 28 heteroatoms. The number of nitrogens with one attached hydrogen (secondary N) is 4. The van der Waals surface area contributed by atoms with Gasteiger partial charge in [-0.3, -0.25) is 43.3 Å². The normalized spacial score (nSPS) is 16.6. The molecular formula is C93H100N14O14. The van der Waals surface area contributed by atoms with Gasteiger partial charge in [-0.15, -0.1) is 0 Å². The maximum absolute atomic E-state index is 14.2. The van der Waals surface area contributed by atoms with E-state index in [-0.39, 0.29) is 109 Å². The minimum atomic E-state index is -0.864. The molecular weight excluding hydrogens is 1540 g/mol. The van der Waals surface area contributed by atoms with Gasteiger partial charge in [-0.05, 0) is 166 Å². The molecule has 626 valence electrons. The van der Waals surface area contributed by atoms with Gasteiger partial charge in [0.15, 0.2) is 35.8 Å². The molecule has 0 bridgehead atoms. The van der Waals surface area contributed by atoms with Crippen LogP contribution in [-0.4, -0.2) is 161 Å². The molecule has 10 aromatic rings. The SMILES string of the molecule is C=CCOC(=O)N1c2cc(OCCCC(=O)Nc3cn(C)c(C(=O)Cc4ccc(-c5cc(C(=O)Nc6ccccc6)n(C)c5)cc4)n3)c(C)cc2C(=O)N2CCCC[C@H]2C1OC1CCCCO1.Cc1cc2c(cc1OCCCC(=O)Nc1cn(C)c(C(=O)Cc3ccc(-c4cc(C(=O)Nc5ccccc5)n(C)c4)cc3)n1)N=C[C@@H]1CCCCN1C2=O. The Morgan fingerprint density at radius 1 is 0.537 bits per heavy atom. The van der Waals surface area contributed by atoms with E-state index >= 15 is 0 Å². The number of aryl methyl sites for hydroxylation is 6. The van der Waals surface area contributed by atoms with E-state index in [1.807, 2.05) is 190 Å². The summed E-state index contributed by atoms with van der Waals surface area (Å²) < 4.78 is 37.2. The van der Waals surface area contributed by atoms with Gasteiger partial charge in [0.2, 0.25) is 23.4 Å². The number of fused-ring (bicyclic) bond motifs is 4. The number of anilines is 5. The Bertz CT molecular complexity index is 5530. The Kier molecular flexibility index (Phi) is 26.8. The van der Waals surface area contributed by atoms with Crippen LogP contribution in [0.5, 0.6) is 11.5 Å². The topological polar surface area (TPSA) is 315 Å². The molecule has 6 aromatic carbocycles. The van der Waals surface area contributed by atoms with Crippen molar-refractivity contribution >= 4 is 93.7 Å². The van der Waals surface area contributed by atoms with Crippen LogP contribution in [0.1, 0.15) is 169 Å². The Balaban J connectivity index is 0.000000202. The number of para-hydroxylation sites is 2. The second kappa shape index (κ2) is 38.6. The number of ketones is 2. The summed E-state index contributed by atoms with van der Waals surface area (Å²) in [5.74, 6) is 0.550. The lowest BCUT2D eigenvalue weighted by Crippen LogP contribution is -2.57. The highest BCUT2D eigenvalue weighted by atomic mass is 16.7. The molecule has 121 heavy (non-hydrogen) atoms. The lowest BCUT2D eigenvalue weighted by molar-refractivity contribution is -0.198. The minimum absolute atomic E-state index is 0.0121. The molecule has 0 saturated carbocycles. The number of nitrogens with zero attached hydrogens (tertiary/aromatic N) is 10. The van der Waals surface area contributed by atoms with E-state index in [0.717, 1.165) is 96.1 Å². The molecule has 4 aromatic heterocycles. The highest BCUT2D eigenvalue weighted by molar-refractivity contribution is 6.08. The van der Waals surface area contributed by atoms with E-state index in [1.54, 1.807) is 56.9 Å². The predicted molar refractivity (Wildman–Crippen MR) is 460 cm³/mol. The number of benzene rings is 6. The van der Waals surface area contributed by atoms with E-state index in [4.69, 9.17) is 23.7 Å². The van der Waals surface area contributed by atoms with Crippen molar-refractivity contribution in [1.29, 1.82) is 0 Å². The van der Waals surface area contributed by atoms with Gasteiger partial charge in [-0.25, -0.2) is 19.7 Å². The van der Waals surface area contributed by atoms with Crippen LogP contribution in [0.25, 0.3) is 22.3 Å². The molecule has 15 rings (SSSR count). The first kappa shape index (κ1) is 84.1. The quantitative estimate of drug-likeness (QED) is 0.0201. The average Bonchev–Trinajstić information content (AvgIpc) is 1.61. The van der Waals surface area contributed by atoms with Gasteiger partial charge in [0, 0.05) is 139 Å². The van der Waals surface area contributed by atoms with E-state index in [2.05, 4.69) is 42.8 Å². The lowest BCUT2D eigenvalue weighted by Gasteiger charge is -2.42. The second-order valence-corrected chi connectivity index (χ2v) is 31.0. The summed E-state index contributed by atoms with van der Waals surface area (Å²) in [5.41, 5.74) is 11.0. The van der Waals surface area contributed by atoms with Gasteiger partial charge in [-0.1, -0.05) is 97.6 Å². The summed E-state index contributed by atoms with van der Waals surface area (Å²) in [4.78, 5) is 138. The molecule has 0 aliphatic carbocycles. The fourth-order valence-electron chi connectivity index (χ4n) is 15.8. The average molecular weight is 1640 g/mol. The Hall–Kier alpha value is -13.3. The first-order valence-electron chi connectivity index (χ1n) is 41.1. The van der Waals surface area contributed by atoms with Crippen molar-refractivity contribution in [1.82, 2.24) is 38.0 Å². The van der Waals surface area contributed by atoms with Gasteiger partial charge >= 0.3 is 6.09 Å². The molecule has 7 amide bonds. The molecule has 0 radical (unpaired) electrons. The standard InChI is InChI=1S/C51H57N7O9.C42H43N7O5/c1-5-24-66-51(63)58-40-30-43(33(2)27-38(40)49(62)57-23-11-9-16-39(57)50(58)67-46-18-10-12-25-65-46)64-26-13-17-45(60)53-44-32-56(4)47(54-44)42(59)28-34-19-21-35(22-20-34)36-29-41(55(3)31-36)48(61)52-37-14-7-6-8-15-37;1-27-20-33-34(43-24-32-12-7-8-18-49(32)42(33)53)23-37(27)54-19-9-13-39(51)45-38-26-48(3)40(46-38)36(50)21-28-14-16-29(17-15-28)30-22-35(47(2)25-30)41(52)44-31-10-5-4-6-11-31/h5-8,14-15,19-22,27,29-32,39,46,50H,1,9-13,16-18,23-26,28H2,2-4H3,(H,52,61)(H,53,60);4-6,10-11,14-17,20,22-26,32H,7-9,12-13,18-19,21H2,1-3H3,(H,44,52)(H,45,51)/t39-,46?,50?;32-/m00/s1. The third kappa shape index (κ3) is 20.3. The van der Waals surface area contributed by atoms with Crippen LogP contribution in [0.15, 0.2) is 188 Å². The third-order valence-electron chi connectivity index (χ3n) is 22.1. The van der Waals surface area contributed by atoms with Crippen molar-refractivity contribution in [3.05, 3.63) is 239 Å². The number of hydrogen-bond donors (Lipinski definition) is 4. The van der Waals surface area contributed by atoms with Gasteiger partial charge in [-0.2, -0.15) is 0 Å². The van der Waals surface area contributed by atoms with Gasteiger partial charge < -0.3 is 73.0 Å². The summed E-state index contributed by atoms with van der Waals surface area (Å²) in [5, 5.41) is 11.4. The van der Waals surface area contributed by atoms with E-state index in [0.29, 0.717) is 108 Å². The second-order valence-electron chi connectivity index (χ2n) is 31.0. The van der Waals surface area contributed by atoms with Crippen LogP contribution in [0.2, 0.25) is 0 Å². The molecule has 5 aliphatic heterocycles. The number of aliphatic imine (C=N–C) groups is 1. The molecule has 3 saturated heterocycles. The van der Waals surface area contributed by atoms with Crippen molar-refractivity contribution in [2.75, 3.05) is 65.7 Å². The first-order valence-corrected chi connectivity index (χ1v) is 41.1. The Morgan fingerprint density at radius 2 is 1.04 bits per heavy atom. The van der Waals surface area contributed by atoms with Crippen molar-refractivity contribution in [3.8, 4) is 33.8 Å². The Labute approximate surface area is 701 Å². The first-order chi connectivity index (χ1) is 58.6. The number of ether oxygens (including phenoxy) is 5. The molecule has 5 aliphatic rings. The maximum Gasteiger partial charge on any atom is 0.416 e. The fourth-order valence-corrected chi connectivity index (χ4v) is 15.8. The maximum atomic E-state index is 14.2. The summed E-state index contributed by atoms with van der Waals surface area (Å²) >= 11 is 0. The van der Waals surface area contributed by atoms with Crippen molar-refractivity contribution in [2.45, 2.75) is 135 Å². The highest BCUT2D eigenvalue weighted by Gasteiger charge is 2.47. The Morgan fingerprint density at radius 3 is 1.57 bits per heavy atom.